The van der Waals surface area contributed by atoms with Gasteiger partial charge in [-0.3, -0.25) is 4.79 Å². The van der Waals surface area contributed by atoms with Crippen LogP contribution in [0.25, 0.3) is 0 Å². The molecule has 128 valence electrons. The van der Waals surface area contributed by atoms with Crippen molar-refractivity contribution in [1.82, 2.24) is 10.1 Å². The Hall–Kier alpha value is -1.01. The molecule has 1 aromatic rings. The van der Waals surface area contributed by atoms with Crippen LogP contribution in [0.2, 0.25) is 0 Å². The van der Waals surface area contributed by atoms with E-state index in [1.165, 1.54) is 6.42 Å². The van der Waals surface area contributed by atoms with Gasteiger partial charge in [0.05, 0.1) is 17.0 Å². The van der Waals surface area contributed by atoms with Crippen LogP contribution in [0.15, 0.2) is 4.52 Å². The number of aromatic nitrogens is 1. The van der Waals surface area contributed by atoms with Crippen molar-refractivity contribution in [2.75, 3.05) is 18.8 Å². The van der Waals surface area contributed by atoms with E-state index in [2.05, 4.69) is 5.16 Å². The van der Waals surface area contributed by atoms with Crippen molar-refractivity contribution in [3.05, 3.63) is 17.0 Å². The number of aliphatic hydroxyl groups is 1. The van der Waals surface area contributed by atoms with Gasteiger partial charge in [-0.05, 0) is 33.1 Å². The third-order valence-electron chi connectivity index (χ3n) is 5.43. The number of hydrogen-bond donors (Lipinski definition) is 1. The van der Waals surface area contributed by atoms with E-state index in [1.807, 2.05) is 18.7 Å². The van der Waals surface area contributed by atoms with Gasteiger partial charge >= 0.3 is 0 Å². The minimum absolute atomic E-state index is 0.189. The van der Waals surface area contributed by atoms with E-state index < -0.39 is 5.60 Å². The smallest absolute Gasteiger partial charge is 0.232 e. The maximum Gasteiger partial charge on any atom is 0.232 e. The zero-order chi connectivity index (χ0) is 16.4. The van der Waals surface area contributed by atoms with Crippen molar-refractivity contribution >= 4 is 17.7 Å². The molecule has 1 aliphatic carbocycles. The molecule has 5 nitrogen and oxygen atoms in total. The van der Waals surface area contributed by atoms with Crippen molar-refractivity contribution in [3.63, 3.8) is 0 Å². The number of thioether (sulfide) groups is 1. The van der Waals surface area contributed by atoms with Crippen LogP contribution < -0.4 is 0 Å². The zero-order valence-corrected chi connectivity index (χ0v) is 14.8. The standard InChI is InChI=1S/C17H26N2O3S/c1-12-15(13(2)22-18-12)10-23-11-16(20)19-8-7-17(21)6-4-3-5-14(17)9-19/h14,21H,3-11H2,1-2H3. The molecule has 0 spiro atoms. The molecular formula is C17H26N2O3S. The number of nitrogens with zero attached hydrogens (tertiary/aromatic N) is 2. The molecule has 0 bridgehead atoms. The average Bonchev–Trinajstić information content (AvgIpc) is 2.85. The third kappa shape index (κ3) is 3.58. The lowest BCUT2D eigenvalue weighted by Crippen LogP contribution is -2.55. The fourth-order valence-electron chi connectivity index (χ4n) is 3.84. The SMILES string of the molecule is Cc1noc(C)c1CSCC(=O)N1CCC2(O)CCCCC2C1. The second-order valence-corrected chi connectivity index (χ2v) is 7.92. The summed E-state index contributed by atoms with van der Waals surface area (Å²) in [5.41, 5.74) is 1.49. The fraction of sp³-hybridized carbons (Fsp3) is 0.765. The van der Waals surface area contributed by atoms with Gasteiger partial charge in [0, 0.05) is 30.3 Å². The maximum atomic E-state index is 12.5. The number of fused-ring (bicyclic) bond motifs is 1. The molecule has 3 rings (SSSR count). The van der Waals surface area contributed by atoms with Crippen LogP contribution in [-0.2, 0) is 10.5 Å². The molecule has 0 radical (unpaired) electrons. The number of likely N-dealkylation sites (tertiary alicyclic amines) is 1. The lowest BCUT2D eigenvalue weighted by Gasteiger charge is -2.47. The first-order valence-corrected chi connectivity index (χ1v) is 9.65. The van der Waals surface area contributed by atoms with Crippen LogP contribution >= 0.6 is 11.8 Å². The Kier molecular flexibility index (Phi) is 5.01. The van der Waals surface area contributed by atoms with Crippen molar-refractivity contribution in [1.29, 1.82) is 0 Å². The van der Waals surface area contributed by atoms with Crippen molar-refractivity contribution < 1.29 is 14.4 Å². The second kappa shape index (κ2) is 6.85. The summed E-state index contributed by atoms with van der Waals surface area (Å²) in [6.45, 7) is 5.26. The van der Waals surface area contributed by atoms with Crippen LogP contribution in [0.5, 0.6) is 0 Å². The highest BCUT2D eigenvalue weighted by atomic mass is 32.2. The summed E-state index contributed by atoms with van der Waals surface area (Å²) in [5.74, 6) is 2.53. The van der Waals surface area contributed by atoms with Crippen molar-refractivity contribution in [3.8, 4) is 0 Å². The number of amides is 1. The van der Waals surface area contributed by atoms with E-state index in [4.69, 9.17) is 4.52 Å². The van der Waals surface area contributed by atoms with E-state index in [9.17, 15) is 9.90 Å². The first kappa shape index (κ1) is 16.8. The van der Waals surface area contributed by atoms with Gasteiger partial charge in [0.25, 0.3) is 0 Å². The molecule has 2 atom stereocenters. The predicted octanol–water partition coefficient (Wildman–Crippen LogP) is 2.68. The van der Waals surface area contributed by atoms with E-state index in [-0.39, 0.29) is 11.8 Å². The molecule has 6 heteroatoms. The molecule has 2 aliphatic rings. The Morgan fingerprint density at radius 3 is 3.00 bits per heavy atom. The first-order valence-electron chi connectivity index (χ1n) is 8.49. The van der Waals surface area contributed by atoms with Gasteiger partial charge in [-0.25, -0.2) is 0 Å². The molecule has 0 aromatic carbocycles. The predicted molar refractivity (Wildman–Crippen MR) is 90.2 cm³/mol. The largest absolute Gasteiger partial charge is 0.389 e. The topological polar surface area (TPSA) is 66.6 Å². The summed E-state index contributed by atoms with van der Waals surface area (Å²) in [7, 11) is 0. The number of aryl methyl sites for hydroxylation is 2. The number of carbonyl (C=O) groups is 1. The molecule has 1 N–H and O–H groups in total. The summed E-state index contributed by atoms with van der Waals surface area (Å²) in [6, 6.07) is 0. The monoisotopic (exact) mass is 338 g/mol. The molecule has 1 amide bonds. The molecule has 2 unspecified atom stereocenters. The Bertz CT molecular complexity index is 555. The minimum atomic E-state index is -0.515. The normalized spacial score (nSPS) is 27.8. The van der Waals surface area contributed by atoms with Gasteiger partial charge in [0.1, 0.15) is 5.76 Å². The van der Waals surface area contributed by atoms with Gasteiger partial charge in [0.2, 0.25) is 5.91 Å². The maximum absolute atomic E-state index is 12.5. The van der Waals surface area contributed by atoms with Crippen molar-refractivity contribution in [2.24, 2.45) is 5.92 Å². The molecule has 23 heavy (non-hydrogen) atoms. The summed E-state index contributed by atoms with van der Waals surface area (Å²) < 4.78 is 5.15. The second-order valence-electron chi connectivity index (χ2n) is 6.93. The van der Waals surface area contributed by atoms with E-state index in [0.717, 1.165) is 55.0 Å². The lowest BCUT2D eigenvalue weighted by atomic mass is 9.71. The van der Waals surface area contributed by atoms with Gasteiger partial charge in [-0.1, -0.05) is 18.0 Å². The van der Waals surface area contributed by atoms with Crippen molar-refractivity contribution in [2.45, 2.75) is 57.3 Å². The molecule has 2 fully saturated rings. The Morgan fingerprint density at radius 1 is 1.43 bits per heavy atom. The molecular weight excluding hydrogens is 312 g/mol. The molecule has 1 aliphatic heterocycles. The van der Waals surface area contributed by atoms with Gasteiger partial charge in [0.15, 0.2) is 0 Å². The highest BCUT2D eigenvalue weighted by Crippen LogP contribution is 2.39. The van der Waals surface area contributed by atoms with Crippen LogP contribution in [-0.4, -0.2) is 45.5 Å². The summed E-state index contributed by atoms with van der Waals surface area (Å²) in [6.07, 6.45) is 4.98. The average molecular weight is 338 g/mol. The fourth-order valence-corrected chi connectivity index (χ4v) is 4.91. The lowest BCUT2D eigenvalue weighted by molar-refractivity contribution is -0.140. The Labute approximate surface area is 141 Å². The number of piperidine rings is 1. The molecule has 1 saturated heterocycles. The van der Waals surface area contributed by atoms with E-state index in [1.54, 1.807) is 11.8 Å². The van der Waals surface area contributed by atoms with E-state index in [0.29, 0.717) is 12.3 Å². The first-order chi connectivity index (χ1) is 11.0. The van der Waals surface area contributed by atoms with Crippen LogP contribution in [0.1, 0.15) is 49.1 Å². The summed E-state index contributed by atoms with van der Waals surface area (Å²) >= 11 is 1.62. The Morgan fingerprint density at radius 2 is 2.26 bits per heavy atom. The zero-order valence-electron chi connectivity index (χ0n) is 14.0. The number of carbonyl (C=O) groups excluding carboxylic acids is 1. The quantitative estimate of drug-likeness (QED) is 0.914. The molecule has 2 heterocycles. The number of hydrogen-bond acceptors (Lipinski definition) is 5. The van der Waals surface area contributed by atoms with Gasteiger partial charge in [-0.2, -0.15) is 0 Å². The van der Waals surface area contributed by atoms with Gasteiger partial charge < -0.3 is 14.5 Å². The third-order valence-corrected chi connectivity index (χ3v) is 6.38. The van der Waals surface area contributed by atoms with Gasteiger partial charge in [-0.15, -0.1) is 11.8 Å². The van der Waals surface area contributed by atoms with Crippen LogP contribution in [0.4, 0.5) is 0 Å². The van der Waals surface area contributed by atoms with Crippen LogP contribution in [0, 0.1) is 19.8 Å². The highest BCUT2D eigenvalue weighted by molar-refractivity contribution is 7.99. The molecule has 1 saturated carbocycles. The summed E-state index contributed by atoms with van der Waals surface area (Å²) in [5, 5.41) is 14.6. The number of rotatable bonds is 4. The molecule has 1 aromatic heterocycles. The highest BCUT2D eigenvalue weighted by Gasteiger charge is 2.43. The Balaban J connectivity index is 1.49. The van der Waals surface area contributed by atoms with Crippen LogP contribution in [0.3, 0.4) is 0 Å². The minimum Gasteiger partial charge on any atom is -0.389 e. The summed E-state index contributed by atoms with van der Waals surface area (Å²) in [4.78, 5) is 14.4. The van der Waals surface area contributed by atoms with E-state index >= 15 is 0 Å².